The van der Waals surface area contributed by atoms with Gasteiger partial charge in [0.1, 0.15) is 5.82 Å². The average Bonchev–Trinajstić information content (AvgIpc) is 2.95. The fourth-order valence-corrected chi connectivity index (χ4v) is 3.23. The van der Waals surface area contributed by atoms with E-state index in [2.05, 4.69) is 9.97 Å². The van der Waals surface area contributed by atoms with Gasteiger partial charge in [0.05, 0.1) is 26.9 Å². The fraction of sp³-hybridized carbons (Fsp3) is 0.0588. The molecule has 0 saturated heterocycles. The van der Waals surface area contributed by atoms with Gasteiger partial charge >= 0.3 is 0 Å². The number of rotatable bonds is 2. The van der Waals surface area contributed by atoms with Crippen molar-refractivity contribution in [2.75, 3.05) is 11.5 Å². The summed E-state index contributed by atoms with van der Waals surface area (Å²) in [4.78, 5) is 19.4. The third kappa shape index (κ3) is 2.15. The van der Waals surface area contributed by atoms with E-state index in [9.17, 15) is 10.1 Å². The molecule has 0 fully saturated rings. The maximum atomic E-state index is 11.5. The summed E-state index contributed by atoms with van der Waals surface area (Å²) >= 11 is 0. The largest absolute Gasteiger partial charge is 0.383 e. The third-order valence-electron chi connectivity index (χ3n) is 4.25. The van der Waals surface area contributed by atoms with Crippen LogP contribution < -0.4 is 11.5 Å². The van der Waals surface area contributed by atoms with E-state index in [0.29, 0.717) is 22.0 Å². The number of fused-ring (bicyclic) bond motifs is 3. The first-order valence-electron chi connectivity index (χ1n) is 7.52. The van der Waals surface area contributed by atoms with Crippen LogP contribution in [0.15, 0.2) is 42.6 Å². The highest BCUT2D eigenvalue weighted by molar-refractivity contribution is 6.16. The number of anilines is 2. The number of nitrogens with two attached hydrogens (primary N) is 2. The van der Waals surface area contributed by atoms with Gasteiger partial charge in [0.15, 0.2) is 0 Å². The van der Waals surface area contributed by atoms with Crippen molar-refractivity contribution in [2.24, 2.45) is 7.05 Å². The molecule has 0 radical (unpaired) electrons. The summed E-state index contributed by atoms with van der Waals surface area (Å²) in [5.41, 5.74) is 14.4. The molecule has 0 aliphatic rings. The minimum absolute atomic E-state index is 0.0272. The van der Waals surface area contributed by atoms with E-state index < -0.39 is 4.92 Å². The Hall–Kier alpha value is -3.68. The van der Waals surface area contributed by atoms with Gasteiger partial charge in [-0.3, -0.25) is 10.1 Å². The van der Waals surface area contributed by atoms with Gasteiger partial charge in [-0.15, -0.1) is 0 Å². The second kappa shape index (κ2) is 5.17. The Labute approximate surface area is 141 Å². The normalized spacial score (nSPS) is 11.2. The summed E-state index contributed by atoms with van der Waals surface area (Å²) in [6.07, 6.45) is 1.87. The maximum Gasteiger partial charge on any atom is 0.277 e. The lowest BCUT2D eigenvalue weighted by Crippen LogP contribution is -2.02. The van der Waals surface area contributed by atoms with Gasteiger partial charge in [0.25, 0.3) is 5.69 Å². The van der Waals surface area contributed by atoms with Crippen LogP contribution >= 0.6 is 0 Å². The molecule has 8 heteroatoms. The van der Waals surface area contributed by atoms with E-state index in [-0.39, 0.29) is 17.5 Å². The van der Waals surface area contributed by atoms with Crippen LogP contribution in [0, 0.1) is 10.1 Å². The van der Waals surface area contributed by atoms with Crippen LogP contribution in [0.25, 0.3) is 32.9 Å². The lowest BCUT2D eigenvalue weighted by Gasteiger charge is -2.11. The van der Waals surface area contributed by atoms with Crippen LogP contribution in [0.1, 0.15) is 0 Å². The average molecular weight is 334 g/mol. The molecule has 25 heavy (non-hydrogen) atoms. The smallest absolute Gasteiger partial charge is 0.277 e. The molecule has 0 amide bonds. The minimum atomic E-state index is -0.392. The molecular weight excluding hydrogens is 320 g/mol. The van der Waals surface area contributed by atoms with Crippen LogP contribution in [-0.2, 0) is 7.05 Å². The van der Waals surface area contributed by atoms with Crippen molar-refractivity contribution in [3.8, 4) is 11.1 Å². The van der Waals surface area contributed by atoms with Crippen LogP contribution in [0.5, 0.6) is 0 Å². The van der Waals surface area contributed by atoms with Crippen molar-refractivity contribution in [1.29, 1.82) is 0 Å². The summed E-state index contributed by atoms with van der Waals surface area (Å²) in [7, 11) is 1.88. The molecule has 0 saturated carbocycles. The van der Waals surface area contributed by atoms with Crippen LogP contribution in [-0.4, -0.2) is 19.5 Å². The molecule has 2 aromatic carbocycles. The summed E-state index contributed by atoms with van der Waals surface area (Å²) in [6, 6.07) is 10.3. The van der Waals surface area contributed by atoms with E-state index in [1.54, 1.807) is 24.3 Å². The fourth-order valence-electron chi connectivity index (χ4n) is 3.23. The van der Waals surface area contributed by atoms with Crippen LogP contribution in [0.2, 0.25) is 0 Å². The number of aryl methyl sites for hydroxylation is 1. The molecule has 0 aliphatic carbocycles. The van der Waals surface area contributed by atoms with Crippen molar-refractivity contribution in [1.82, 2.24) is 14.5 Å². The van der Waals surface area contributed by atoms with Gasteiger partial charge < -0.3 is 16.0 Å². The van der Waals surface area contributed by atoms with E-state index in [1.807, 2.05) is 23.9 Å². The summed E-state index contributed by atoms with van der Waals surface area (Å²) < 4.78 is 1.90. The molecule has 0 bridgehead atoms. The Balaban J connectivity index is 2.21. The van der Waals surface area contributed by atoms with Crippen LogP contribution in [0.4, 0.5) is 17.5 Å². The summed E-state index contributed by atoms with van der Waals surface area (Å²) in [5, 5.41) is 13.0. The van der Waals surface area contributed by atoms with E-state index in [4.69, 9.17) is 11.5 Å². The van der Waals surface area contributed by atoms with Gasteiger partial charge in [-0.05, 0) is 18.2 Å². The SMILES string of the molecule is Cn1ccc2c3c(N)nc(N)nc3cc(-c3ccccc3[N+](=O)[O-])c21. The van der Waals surface area contributed by atoms with Gasteiger partial charge in [-0.2, -0.15) is 4.98 Å². The monoisotopic (exact) mass is 334 g/mol. The predicted molar refractivity (Wildman–Crippen MR) is 96.9 cm³/mol. The third-order valence-corrected chi connectivity index (χ3v) is 4.25. The number of benzene rings is 2. The van der Waals surface area contributed by atoms with E-state index >= 15 is 0 Å². The molecule has 2 heterocycles. The van der Waals surface area contributed by atoms with Gasteiger partial charge in [-0.25, -0.2) is 4.98 Å². The summed E-state index contributed by atoms with van der Waals surface area (Å²) in [6.45, 7) is 0. The Morgan fingerprint density at radius 1 is 1.12 bits per heavy atom. The molecule has 0 aliphatic heterocycles. The van der Waals surface area contributed by atoms with Crippen LogP contribution in [0.3, 0.4) is 0 Å². The standard InChI is InChI=1S/C17H14N6O2/c1-22-7-6-10-14-12(20-17(19)21-16(14)18)8-11(15(10)22)9-4-2-3-5-13(9)23(24)25/h2-8H,1H3,(H4,18,19,20,21). The van der Waals surface area contributed by atoms with Crippen molar-refractivity contribution in [2.45, 2.75) is 0 Å². The van der Waals surface area contributed by atoms with E-state index in [1.165, 1.54) is 6.07 Å². The van der Waals surface area contributed by atoms with Gasteiger partial charge in [0, 0.05) is 30.3 Å². The Bertz CT molecular complexity index is 1160. The zero-order chi connectivity index (χ0) is 17.7. The van der Waals surface area contributed by atoms with Crippen molar-refractivity contribution < 1.29 is 4.92 Å². The number of nitrogen functional groups attached to an aromatic ring is 2. The maximum absolute atomic E-state index is 11.5. The number of hydrogen-bond acceptors (Lipinski definition) is 6. The Morgan fingerprint density at radius 3 is 2.64 bits per heavy atom. The number of nitro groups is 1. The molecule has 0 spiro atoms. The molecule has 4 N–H and O–H groups in total. The topological polar surface area (TPSA) is 126 Å². The summed E-state index contributed by atoms with van der Waals surface area (Å²) in [5.74, 6) is 0.349. The van der Waals surface area contributed by atoms with Gasteiger partial charge in [-0.1, -0.05) is 12.1 Å². The molecular formula is C17H14N6O2. The first kappa shape index (κ1) is 14.9. The van der Waals surface area contributed by atoms with E-state index in [0.717, 1.165) is 10.9 Å². The van der Waals surface area contributed by atoms with Crippen molar-refractivity contribution in [3.63, 3.8) is 0 Å². The first-order chi connectivity index (χ1) is 12.0. The number of nitro benzene ring substituents is 1. The number of hydrogen-bond donors (Lipinski definition) is 2. The van der Waals surface area contributed by atoms with Crippen molar-refractivity contribution >= 4 is 39.3 Å². The number of nitrogens with zero attached hydrogens (tertiary/aromatic N) is 4. The van der Waals surface area contributed by atoms with Gasteiger partial charge in [0.2, 0.25) is 5.95 Å². The van der Waals surface area contributed by atoms with Crippen molar-refractivity contribution in [3.05, 3.63) is 52.7 Å². The zero-order valence-electron chi connectivity index (χ0n) is 13.3. The molecule has 4 aromatic rings. The second-order valence-electron chi connectivity index (χ2n) is 5.75. The Morgan fingerprint density at radius 2 is 1.88 bits per heavy atom. The molecule has 4 rings (SSSR count). The lowest BCUT2D eigenvalue weighted by molar-refractivity contribution is -0.384. The first-order valence-corrected chi connectivity index (χ1v) is 7.52. The molecule has 124 valence electrons. The molecule has 8 nitrogen and oxygen atoms in total. The molecule has 0 unspecified atom stereocenters. The predicted octanol–water partition coefficient (Wildman–Crippen LogP) is 2.86. The highest BCUT2D eigenvalue weighted by Gasteiger charge is 2.21. The molecule has 0 atom stereocenters. The molecule has 2 aromatic heterocycles. The lowest BCUT2D eigenvalue weighted by atomic mass is 9.98. The number of para-hydroxylation sites is 1. The highest BCUT2D eigenvalue weighted by atomic mass is 16.6. The minimum Gasteiger partial charge on any atom is -0.383 e. The highest BCUT2D eigenvalue weighted by Crippen LogP contribution is 2.39. The quantitative estimate of drug-likeness (QED) is 0.429. The number of aromatic nitrogens is 3. The Kier molecular flexibility index (Phi) is 3.08. The zero-order valence-corrected chi connectivity index (χ0v) is 13.3. The second-order valence-corrected chi connectivity index (χ2v) is 5.75.